The molecule has 94 valence electrons. The number of rotatable bonds is 4. The van der Waals surface area contributed by atoms with Gasteiger partial charge in [0.25, 0.3) is 0 Å². The topological polar surface area (TPSA) is 74.7 Å². The smallest absolute Gasteiger partial charge is 0.248 e. The summed E-state index contributed by atoms with van der Waals surface area (Å²) in [7, 11) is -1.62. The Labute approximate surface area is 101 Å². The van der Waals surface area contributed by atoms with Gasteiger partial charge >= 0.3 is 0 Å². The van der Waals surface area contributed by atoms with Crippen molar-refractivity contribution in [1.29, 1.82) is 0 Å². The molecule has 17 heavy (non-hydrogen) atoms. The number of sulfone groups is 1. The molecule has 1 N–H and O–H groups in total. The Morgan fingerprint density at radius 1 is 1.29 bits per heavy atom. The molecular formula is C11H15NO4S. The van der Waals surface area contributed by atoms with Crippen molar-refractivity contribution in [3.05, 3.63) is 29.8 Å². The molecule has 1 amide bonds. The van der Waals surface area contributed by atoms with Crippen LogP contribution in [0.1, 0.15) is 5.56 Å². The first-order chi connectivity index (χ1) is 7.84. The van der Waals surface area contributed by atoms with Gasteiger partial charge in [0.05, 0.1) is 4.90 Å². The van der Waals surface area contributed by atoms with E-state index in [0.717, 1.165) is 11.8 Å². The molecule has 1 aromatic carbocycles. The van der Waals surface area contributed by atoms with E-state index in [1.165, 1.54) is 17.0 Å². The molecular weight excluding hydrogens is 242 g/mol. The van der Waals surface area contributed by atoms with Gasteiger partial charge in [0.2, 0.25) is 5.91 Å². The van der Waals surface area contributed by atoms with Crippen molar-refractivity contribution in [3.63, 3.8) is 0 Å². The van der Waals surface area contributed by atoms with Crippen LogP contribution in [-0.4, -0.2) is 44.2 Å². The molecule has 0 unspecified atom stereocenters. The Morgan fingerprint density at radius 3 is 2.24 bits per heavy atom. The van der Waals surface area contributed by atoms with E-state index in [0.29, 0.717) is 6.54 Å². The molecule has 0 bridgehead atoms. The lowest BCUT2D eigenvalue weighted by molar-refractivity contribution is -0.133. The number of nitrogens with zero attached hydrogens (tertiary/aromatic N) is 1. The lowest BCUT2D eigenvalue weighted by atomic mass is 10.2. The van der Waals surface area contributed by atoms with Crippen LogP contribution in [0.25, 0.3) is 0 Å². The Hall–Kier alpha value is -1.40. The van der Waals surface area contributed by atoms with Crippen LogP contribution in [0.4, 0.5) is 0 Å². The number of carbonyl (C=O) groups is 1. The minimum absolute atomic E-state index is 0.248. The van der Waals surface area contributed by atoms with Crippen molar-refractivity contribution in [2.75, 3.05) is 19.9 Å². The lowest BCUT2D eigenvalue weighted by Crippen LogP contribution is -2.28. The van der Waals surface area contributed by atoms with E-state index in [9.17, 15) is 13.2 Å². The van der Waals surface area contributed by atoms with Gasteiger partial charge in [0.15, 0.2) is 9.84 Å². The van der Waals surface area contributed by atoms with Crippen molar-refractivity contribution in [2.45, 2.75) is 11.4 Å². The van der Waals surface area contributed by atoms with Crippen LogP contribution in [0.15, 0.2) is 29.2 Å². The zero-order valence-corrected chi connectivity index (χ0v) is 10.6. The average molecular weight is 257 g/mol. The second-order valence-electron chi connectivity index (χ2n) is 3.82. The maximum Gasteiger partial charge on any atom is 0.248 e. The fraction of sp³-hybridized carbons (Fsp3) is 0.364. The van der Waals surface area contributed by atoms with E-state index in [1.54, 1.807) is 19.2 Å². The van der Waals surface area contributed by atoms with Gasteiger partial charge in [-0.25, -0.2) is 8.42 Å². The maximum absolute atomic E-state index is 11.2. The molecule has 0 saturated carbocycles. The summed E-state index contributed by atoms with van der Waals surface area (Å²) in [5.41, 5.74) is 0.807. The normalized spacial score (nSPS) is 11.2. The first-order valence-electron chi connectivity index (χ1n) is 4.98. The fourth-order valence-corrected chi connectivity index (χ4v) is 1.96. The van der Waals surface area contributed by atoms with E-state index in [2.05, 4.69) is 0 Å². The Balaban J connectivity index is 2.79. The molecule has 0 aromatic heterocycles. The van der Waals surface area contributed by atoms with Crippen molar-refractivity contribution in [2.24, 2.45) is 0 Å². The number of amides is 1. The molecule has 0 aliphatic heterocycles. The highest BCUT2D eigenvalue weighted by atomic mass is 32.2. The van der Waals surface area contributed by atoms with Crippen molar-refractivity contribution >= 4 is 15.7 Å². The number of benzene rings is 1. The lowest BCUT2D eigenvalue weighted by Gasteiger charge is -2.15. The van der Waals surface area contributed by atoms with E-state index in [4.69, 9.17) is 5.11 Å². The number of carbonyl (C=O) groups excluding carboxylic acids is 1. The van der Waals surface area contributed by atoms with Gasteiger partial charge in [0.1, 0.15) is 6.61 Å². The zero-order valence-electron chi connectivity index (χ0n) is 9.75. The van der Waals surface area contributed by atoms with Crippen LogP contribution in [0.5, 0.6) is 0 Å². The van der Waals surface area contributed by atoms with Gasteiger partial charge in [-0.1, -0.05) is 12.1 Å². The Kier molecular flexibility index (Phi) is 4.25. The molecule has 0 saturated heterocycles. The van der Waals surface area contributed by atoms with E-state index in [-0.39, 0.29) is 10.8 Å². The van der Waals surface area contributed by atoms with Crippen molar-refractivity contribution < 1.29 is 18.3 Å². The summed E-state index contributed by atoms with van der Waals surface area (Å²) < 4.78 is 22.4. The van der Waals surface area contributed by atoms with Gasteiger partial charge in [0, 0.05) is 19.8 Å². The molecule has 6 heteroatoms. The fourth-order valence-electron chi connectivity index (χ4n) is 1.32. The Morgan fingerprint density at radius 2 is 1.82 bits per heavy atom. The SMILES string of the molecule is CN(Cc1ccc(S(C)(=O)=O)cc1)C(=O)CO. The Bertz CT molecular complexity index is 493. The summed E-state index contributed by atoms with van der Waals surface area (Å²) in [5, 5.41) is 8.66. The molecule has 0 spiro atoms. The third-order valence-electron chi connectivity index (χ3n) is 2.33. The number of hydrogen-bond acceptors (Lipinski definition) is 4. The van der Waals surface area contributed by atoms with Crippen LogP contribution in [0.3, 0.4) is 0 Å². The minimum Gasteiger partial charge on any atom is -0.387 e. The molecule has 1 aromatic rings. The monoisotopic (exact) mass is 257 g/mol. The second-order valence-corrected chi connectivity index (χ2v) is 5.84. The summed E-state index contributed by atoms with van der Waals surface area (Å²) in [5.74, 6) is -0.378. The van der Waals surface area contributed by atoms with Gasteiger partial charge in [-0.05, 0) is 17.7 Å². The summed E-state index contributed by atoms with van der Waals surface area (Å²) in [6, 6.07) is 6.30. The second kappa shape index (κ2) is 5.29. The van der Waals surface area contributed by atoms with Crippen LogP contribution in [0.2, 0.25) is 0 Å². The molecule has 0 aliphatic carbocycles. The standard InChI is InChI=1S/C11H15NO4S/c1-12(11(14)8-13)7-9-3-5-10(6-4-9)17(2,15)16/h3-6,13H,7-8H2,1-2H3. The molecule has 5 nitrogen and oxygen atoms in total. The van der Waals surface area contributed by atoms with Crippen LogP contribution < -0.4 is 0 Å². The van der Waals surface area contributed by atoms with Gasteiger partial charge in [-0.15, -0.1) is 0 Å². The summed E-state index contributed by atoms with van der Waals surface area (Å²) in [6.45, 7) is -0.193. The molecule has 0 radical (unpaired) electrons. The third kappa shape index (κ3) is 3.83. The minimum atomic E-state index is -3.19. The predicted octanol–water partition coefficient (Wildman–Crippen LogP) is 0.0408. The summed E-state index contributed by atoms with van der Waals surface area (Å²) >= 11 is 0. The van der Waals surface area contributed by atoms with E-state index in [1.807, 2.05) is 0 Å². The first kappa shape index (κ1) is 13.7. The van der Waals surface area contributed by atoms with E-state index < -0.39 is 16.4 Å². The average Bonchev–Trinajstić information content (AvgIpc) is 2.27. The van der Waals surface area contributed by atoms with Gasteiger partial charge in [-0.2, -0.15) is 0 Å². The summed E-state index contributed by atoms with van der Waals surface area (Å²) in [6.07, 6.45) is 1.14. The quantitative estimate of drug-likeness (QED) is 0.826. The number of aliphatic hydroxyl groups is 1. The molecule has 0 aliphatic rings. The predicted molar refractivity (Wildman–Crippen MR) is 63.1 cm³/mol. The molecule has 1 rings (SSSR count). The number of likely N-dealkylation sites (N-methyl/N-ethyl adjacent to an activating group) is 1. The first-order valence-corrected chi connectivity index (χ1v) is 6.87. The largest absolute Gasteiger partial charge is 0.387 e. The number of aliphatic hydroxyl groups excluding tert-OH is 1. The number of hydrogen-bond donors (Lipinski definition) is 1. The van der Waals surface area contributed by atoms with Crippen molar-refractivity contribution in [3.8, 4) is 0 Å². The van der Waals surface area contributed by atoms with Gasteiger partial charge < -0.3 is 10.0 Å². The molecule has 0 fully saturated rings. The highest BCUT2D eigenvalue weighted by Gasteiger charge is 2.09. The van der Waals surface area contributed by atoms with Crippen LogP contribution >= 0.6 is 0 Å². The highest BCUT2D eigenvalue weighted by Crippen LogP contribution is 2.11. The molecule has 0 heterocycles. The highest BCUT2D eigenvalue weighted by molar-refractivity contribution is 7.90. The van der Waals surface area contributed by atoms with Crippen LogP contribution in [0, 0.1) is 0 Å². The van der Waals surface area contributed by atoms with E-state index >= 15 is 0 Å². The van der Waals surface area contributed by atoms with Gasteiger partial charge in [-0.3, -0.25) is 4.79 Å². The van der Waals surface area contributed by atoms with Crippen LogP contribution in [-0.2, 0) is 21.2 Å². The zero-order chi connectivity index (χ0) is 13.1. The third-order valence-corrected chi connectivity index (χ3v) is 3.46. The van der Waals surface area contributed by atoms with Crippen molar-refractivity contribution in [1.82, 2.24) is 4.90 Å². The maximum atomic E-state index is 11.2. The molecule has 0 atom stereocenters. The summed E-state index contributed by atoms with van der Waals surface area (Å²) in [4.78, 5) is 12.7.